The quantitative estimate of drug-likeness (QED) is 0.705. The van der Waals surface area contributed by atoms with Crippen LogP contribution < -0.4 is 9.46 Å². The summed E-state index contributed by atoms with van der Waals surface area (Å²) in [5.41, 5.74) is 2.82. The SMILES string of the molecule is COc1ccc(F)cc1S(=O)(=O)NCc1ccccc1-c1ccsc1. The summed E-state index contributed by atoms with van der Waals surface area (Å²) in [5.74, 6) is -0.542. The normalized spacial score (nSPS) is 11.4. The summed E-state index contributed by atoms with van der Waals surface area (Å²) >= 11 is 1.57. The van der Waals surface area contributed by atoms with Crippen molar-refractivity contribution in [3.05, 3.63) is 70.7 Å². The number of nitrogens with one attached hydrogen (secondary N) is 1. The van der Waals surface area contributed by atoms with E-state index < -0.39 is 15.8 Å². The van der Waals surface area contributed by atoms with Crippen molar-refractivity contribution < 1.29 is 17.5 Å². The molecular weight excluding hydrogens is 361 g/mol. The molecule has 130 valence electrons. The number of halogens is 1. The number of hydrogen-bond acceptors (Lipinski definition) is 4. The molecule has 0 aliphatic carbocycles. The Bertz CT molecular complexity index is 970. The van der Waals surface area contributed by atoms with Gasteiger partial charge in [0.2, 0.25) is 10.0 Å². The van der Waals surface area contributed by atoms with Gasteiger partial charge in [-0.2, -0.15) is 11.3 Å². The van der Waals surface area contributed by atoms with Gasteiger partial charge in [-0.1, -0.05) is 24.3 Å². The Balaban J connectivity index is 1.88. The molecule has 1 aromatic heterocycles. The van der Waals surface area contributed by atoms with Crippen LogP contribution in [-0.4, -0.2) is 15.5 Å². The molecule has 0 aliphatic heterocycles. The molecule has 7 heteroatoms. The first-order chi connectivity index (χ1) is 12.0. The summed E-state index contributed by atoms with van der Waals surface area (Å²) < 4.78 is 46.2. The van der Waals surface area contributed by atoms with Gasteiger partial charge in [-0.15, -0.1) is 0 Å². The Hall–Kier alpha value is -2.22. The molecule has 1 N–H and O–H groups in total. The van der Waals surface area contributed by atoms with Crippen molar-refractivity contribution in [1.82, 2.24) is 4.72 Å². The van der Waals surface area contributed by atoms with Crippen LogP contribution in [0.1, 0.15) is 5.56 Å². The van der Waals surface area contributed by atoms with Crippen LogP contribution in [0.4, 0.5) is 4.39 Å². The lowest BCUT2D eigenvalue weighted by Gasteiger charge is -2.12. The minimum atomic E-state index is -3.92. The third kappa shape index (κ3) is 3.89. The van der Waals surface area contributed by atoms with Crippen molar-refractivity contribution in [2.24, 2.45) is 0 Å². The van der Waals surface area contributed by atoms with E-state index >= 15 is 0 Å². The zero-order chi connectivity index (χ0) is 17.9. The van der Waals surface area contributed by atoms with Crippen LogP contribution in [0, 0.1) is 5.82 Å². The molecule has 0 radical (unpaired) electrons. The summed E-state index contributed by atoms with van der Waals surface area (Å²) in [6, 6.07) is 12.9. The fourth-order valence-electron chi connectivity index (χ4n) is 2.48. The molecule has 0 saturated heterocycles. The van der Waals surface area contributed by atoms with Crippen molar-refractivity contribution in [3.63, 3.8) is 0 Å². The predicted molar refractivity (Wildman–Crippen MR) is 96.7 cm³/mol. The molecule has 4 nitrogen and oxygen atoms in total. The van der Waals surface area contributed by atoms with Crippen LogP contribution >= 0.6 is 11.3 Å². The average Bonchev–Trinajstić information content (AvgIpc) is 3.15. The van der Waals surface area contributed by atoms with Crippen LogP contribution in [0.2, 0.25) is 0 Å². The molecule has 3 rings (SSSR count). The molecule has 2 aromatic carbocycles. The minimum Gasteiger partial charge on any atom is -0.495 e. The van der Waals surface area contributed by atoms with Gasteiger partial charge in [0.1, 0.15) is 16.5 Å². The van der Waals surface area contributed by atoms with E-state index in [0.29, 0.717) is 0 Å². The van der Waals surface area contributed by atoms with Gasteiger partial charge < -0.3 is 4.74 Å². The number of sulfonamides is 1. The fourth-order valence-corrected chi connectivity index (χ4v) is 4.33. The van der Waals surface area contributed by atoms with Crippen LogP contribution in [-0.2, 0) is 16.6 Å². The van der Waals surface area contributed by atoms with Gasteiger partial charge in [-0.3, -0.25) is 0 Å². The lowest BCUT2D eigenvalue weighted by molar-refractivity contribution is 0.400. The number of benzene rings is 2. The molecule has 0 spiro atoms. The van der Waals surface area contributed by atoms with E-state index in [4.69, 9.17) is 4.74 Å². The van der Waals surface area contributed by atoms with Gasteiger partial charge in [0.15, 0.2) is 0 Å². The Morgan fingerprint density at radius 2 is 1.96 bits per heavy atom. The first-order valence-corrected chi connectivity index (χ1v) is 9.87. The van der Waals surface area contributed by atoms with Crippen LogP contribution in [0.3, 0.4) is 0 Å². The van der Waals surface area contributed by atoms with Crippen molar-refractivity contribution in [2.75, 3.05) is 7.11 Å². The van der Waals surface area contributed by atoms with Crippen LogP contribution in [0.5, 0.6) is 5.75 Å². The standard InChI is InChI=1S/C18H16FNO3S2/c1-23-17-7-6-15(19)10-18(17)25(21,22)20-11-13-4-2-3-5-16(13)14-8-9-24-12-14/h2-10,12,20H,11H2,1H3. The maximum atomic E-state index is 13.5. The van der Waals surface area contributed by atoms with Crippen molar-refractivity contribution in [2.45, 2.75) is 11.4 Å². The average molecular weight is 377 g/mol. The molecule has 0 atom stereocenters. The Labute approximate surface area is 150 Å². The third-order valence-corrected chi connectivity index (χ3v) is 5.82. The summed E-state index contributed by atoms with van der Waals surface area (Å²) in [6.07, 6.45) is 0. The van der Waals surface area contributed by atoms with E-state index in [0.717, 1.165) is 28.8 Å². The molecule has 0 bridgehead atoms. The highest BCUT2D eigenvalue weighted by Gasteiger charge is 2.20. The smallest absolute Gasteiger partial charge is 0.244 e. The van der Waals surface area contributed by atoms with Crippen LogP contribution in [0.25, 0.3) is 11.1 Å². The summed E-state index contributed by atoms with van der Waals surface area (Å²) in [6.45, 7) is 0.0913. The monoisotopic (exact) mass is 377 g/mol. The fraction of sp³-hybridized carbons (Fsp3) is 0.111. The minimum absolute atomic E-state index is 0.0913. The predicted octanol–water partition coefficient (Wildman–Crippen LogP) is 4.04. The topological polar surface area (TPSA) is 55.4 Å². The Morgan fingerprint density at radius 3 is 2.68 bits per heavy atom. The molecule has 0 saturated carbocycles. The van der Waals surface area contributed by atoms with Crippen molar-refractivity contribution in [1.29, 1.82) is 0 Å². The number of hydrogen-bond donors (Lipinski definition) is 1. The van der Waals surface area contributed by atoms with Gasteiger partial charge in [-0.05, 0) is 51.7 Å². The molecule has 1 heterocycles. The number of rotatable bonds is 6. The Morgan fingerprint density at radius 1 is 1.16 bits per heavy atom. The lowest BCUT2D eigenvalue weighted by Crippen LogP contribution is -2.24. The highest BCUT2D eigenvalue weighted by atomic mass is 32.2. The largest absolute Gasteiger partial charge is 0.495 e. The van der Waals surface area contributed by atoms with Gasteiger partial charge in [-0.25, -0.2) is 17.5 Å². The van der Waals surface area contributed by atoms with Crippen molar-refractivity contribution in [3.8, 4) is 16.9 Å². The third-order valence-electron chi connectivity index (χ3n) is 3.72. The summed E-state index contributed by atoms with van der Waals surface area (Å²) in [5, 5.41) is 3.97. The van der Waals surface area contributed by atoms with E-state index in [9.17, 15) is 12.8 Å². The summed E-state index contributed by atoms with van der Waals surface area (Å²) in [7, 11) is -2.58. The number of ether oxygens (including phenoxy) is 1. The van der Waals surface area contributed by atoms with Gasteiger partial charge >= 0.3 is 0 Å². The zero-order valence-electron chi connectivity index (χ0n) is 13.4. The molecule has 0 unspecified atom stereocenters. The highest BCUT2D eigenvalue weighted by molar-refractivity contribution is 7.89. The zero-order valence-corrected chi connectivity index (χ0v) is 15.0. The van der Waals surface area contributed by atoms with Gasteiger partial charge in [0.05, 0.1) is 7.11 Å². The second kappa shape index (κ2) is 7.35. The second-order valence-electron chi connectivity index (χ2n) is 5.29. The van der Waals surface area contributed by atoms with Crippen molar-refractivity contribution >= 4 is 21.4 Å². The first-order valence-electron chi connectivity index (χ1n) is 7.45. The van der Waals surface area contributed by atoms with E-state index in [-0.39, 0.29) is 17.2 Å². The van der Waals surface area contributed by atoms with Gasteiger partial charge in [0.25, 0.3) is 0 Å². The summed E-state index contributed by atoms with van der Waals surface area (Å²) in [4.78, 5) is -0.219. The van der Waals surface area contributed by atoms with E-state index in [2.05, 4.69) is 4.72 Å². The molecular formula is C18H16FNO3S2. The second-order valence-corrected chi connectivity index (χ2v) is 7.80. The molecule has 3 aromatic rings. The van der Waals surface area contributed by atoms with E-state index in [1.165, 1.54) is 13.2 Å². The van der Waals surface area contributed by atoms with E-state index in [1.807, 2.05) is 41.1 Å². The Kier molecular flexibility index (Phi) is 5.17. The van der Waals surface area contributed by atoms with E-state index in [1.54, 1.807) is 11.3 Å². The molecule has 0 amide bonds. The number of thiophene rings is 1. The maximum Gasteiger partial charge on any atom is 0.244 e. The van der Waals surface area contributed by atoms with Crippen LogP contribution in [0.15, 0.2) is 64.2 Å². The molecule has 0 aliphatic rings. The lowest BCUT2D eigenvalue weighted by atomic mass is 10.0. The van der Waals surface area contributed by atoms with Gasteiger partial charge in [0, 0.05) is 6.54 Å². The first kappa shape index (κ1) is 17.6. The maximum absolute atomic E-state index is 13.5. The molecule has 25 heavy (non-hydrogen) atoms. The number of methoxy groups -OCH3 is 1. The molecule has 0 fully saturated rings. The highest BCUT2D eigenvalue weighted by Crippen LogP contribution is 2.27.